The van der Waals surface area contributed by atoms with Gasteiger partial charge in [-0.25, -0.2) is 4.98 Å². The predicted molar refractivity (Wildman–Crippen MR) is 59.6 cm³/mol. The molecule has 0 aliphatic rings. The van der Waals surface area contributed by atoms with Gasteiger partial charge in [0.1, 0.15) is 5.82 Å². The Kier molecular flexibility index (Phi) is 3.31. The van der Waals surface area contributed by atoms with Crippen LogP contribution in [0.15, 0.2) is 24.8 Å². The maximum Gasteiger partial charge on any atom is 0.125 e. The van der Waals surface area contributed by atoms with Gasteiger partial charge in [-0.15, -0.1) is 5.10 Å². The Balaban J connectivity index is 1.80. The number of imidazole rings is 1. The molecular weight excluding hydrogens is 204 g/mol. The van der Waals surface area contributed by atoms with Gasteiger partial charge >= 0.3 is 0 Å². The van der Waals surface area contributed by atoms with Crippen molar-refractivity contribution in [2.45, 2.75) is 19.5 Å². The Bertz CT molecular complexity index is 418. The molecule has 0 bridgehead atoms. The Morgan fingerprint density at radius 3 is 2.88 bits per heavy atom. The molecule has 0 radical (unpaired) electrons. The first-order valence-corrected chi connectivity index (χ1v) is 5.32. The molecule has 1 atom stereocenters. The molecule has 0 amide bonds. The zero-order chi connectivity index (χ0) is 11.4. The number of nitrogens with one attached hydrogen (secondary N) is 1. The zero-order valence-corrected chi connectivity index (χ0v) is 9.54. The second-order valence-corrected chi connectivity index (χ2v) is 3.74. The topological polar surface area (TPSA) is 60.6 Å². The lowest BCUT2D eigenvalue weighted by molar-refractivity contribution is 0.479. The van der Waals surface area contributed by atoms with E-state index in [0.717, 1.165) is 18.9 Å². The molecule has 0 saturated carbocycles. The summed E-state index contributed by atoms with van der Waals surface area (Å²) in [5.74, 6) is 1.04. The third-order valence-corrected chi connectivity index (χ3v) is 2.51. The van der Waals surface area contributed by atoms with Crippen molar-refractivity contribution in [3.63, 3.8) is 0 Å². The highest BCUT2D eigenvalue weighted by atomic mass is 15.4. The molecule has 2 aromatic rings. The van der Waals surface area contributed by atoms with E-state index in [4.69, 9.17) is 0 Å². The molecule has 1 unspecified atom stereocenters. The molecule has 0 fully saturated rings. The summed E-state index contributed by atoms with van der Waals surface area (Å²) in [4.78, 5) is 4.30. The fraction of sp³-hybridized carbons (Fsp3) is 0.500. The van der Waals surface area contributed by atoms with E-state index < -0.39 is 0 Å². The molecule has 0 aromatic carbocycles. The lowest BCUT2D eigenvalue weighted by Gasteiger charge is -2.13. The van der Waals surface area contributed by atoms with Crippen LogP contribution in [-0.4, -0.2) is 31.1 Å². The first-order chi connectivity index (χ1) is 7.77. The van der Waals surface area contributed by atoms with Crippen LogP contribution in [0.4, 0.5) is 0 Å². The fourth-order valence-corrected chi connectivity index (χ4v) is 1.63. The zero-order valence-electron chi connectivity index (χ0n) is 9.54. The van der Waals surface area contributed by atoms with E-state index in [9.17, 15) is 0 Å². The number of hydrogen-bond donors (Lipinski definition) is 1. The first kappa shape index (κ1) is 10.8. The summed E-state index contributed by atoms with van der Waals surface area (Å²) < 4.78 is 3.82. The van der Waals surface area contributed by atoms with Crippen molar-refractivity contribution >= 4 is 0 Å². The van der Waals surface area contributed by atoms with Gasteiger partial charge in [0.25, 0.3) is 0 Å². The number of nitrogens with zero attached hydrogens (tertiary/aromatic N) is 5. The smallest absolute Gasteiger partial charge is 0.125 e. The molecule has 6 nitrogen and oxygen atoms in total. The average molecular weight is 220 g/mol. The predicted octanol–water partition coefficient (Wildman–Crippen LogP) is 0.362. The Labute approximate surface area is 94.3 Å². The summed E-state index contributed by atoms with van der Waals surface area (Å²) in [6, 6.07) is 0.239. The van der Waals surface area contributed by atoms with Crippen molar-refractivity contribution in [2.75, 3.05) is 6.54 Å². The van der Waals surface area contributed by atoms with Gasteiger partial charge in [-0.3, -0.25) is 4.68 Å². The molecule has 16 heavy (non-hydrogen) atoms. The summed E-state index contributed by atoms with van der Waals surface area (Å²) in [5.41, 5.74) is 0. The number of aryl methyl sites for hydroxylation is 1. The fourth-order valence-electron chi connectivity index (χ4n) is 1.63. The van der Waals surface area contributed by atoms with E-state index in [0.29, 0.717) is 0 Å². The summed E-state index contributed by atoms with van der Waals surface area (Å²) in [7, 11) is 2.00. The summed E-state index contributed by atoms with van der Waals surface area (Å²) in [6.07, 6.45) is 7.30. The van der Waals surface area contributed by atoms with E-state index >= 15 is 0 Å². The number of rotatable bonds is 5. The average Bonchev–Trinajstić information content (AvgIpc) is 2.88. The molecule has 0 aliphatic heterocycles. The van der Waals surface area contributed by atoms with Crippen LogP contribution in [0.5, 0.6) is 0 Å². The van der Waals surface area contributed by atoms with Crippen molar-refractivity contribution < 1.29 is 0 Å². The molecule has 2 heterocycles. The van der Waals surface area contributed by atoms with E-state index in [1.54, 1.807) is 10.9 Å². The van der Waals surface area contributed by atoms with E-state index in [1.807, 2.05) is 30.2 Å². The monoisotopic (exact) mass is 220 g/mol. The number of aromatic nitrogens is 5. The van der Waals surface area contributed by atoms with Gasteiger partial charge in [-0.2, -0.15) is 0 Å². The molecule has 1 N–H and O–H groups in total. The lowest BCUT2D eigenvalue weighted by atomic mass is 10.3. The Morgan fingerprint density at radius 1 is 1.38 bits per heavy atom. The molecule has 2 aromatic heterocycles. The highest BCUT2D eigenvalue weighted by Crippen LogP contribution is 2.07. The largest absolute Gasteiger partial charge is 0.337 e. The SMILES string of the molecule is CC(NCCn1ccnn1)c1nccn1C. The van der Waals surface area contributed by atoms with Gasteiger partial charge in [0.2, 0.25) is 0 Å². The highest BCUT2D eigenvalue weighted by molar-refractivity contribution is 4.96. The second kappa shape index (κ2) is 4.89. The van der Waals surface area contributed by atoms with Crippen molar-refractivity contribution in [1.29, 1.82) is 0 Å². The lowest BCUT2D eigenvalue weighted by Crippen LogP contribution is -2.25. The third kappa shape index (κ3) is 2.46. The van der Waals surface area contributed by atoms with Gasteiger partial charge < -0.3 is 9.88 Å². The van der Waals surface area contributed by atoms with E-state index in [1.165, 1.54) is 0 Å². The quantitative estimate of drug-likeness (QED) is 0.790. The van der Waals surface area contributed by atoms with Crippen molar-refractivity contribution in [3.05, 3.63) is 30.6 Å². The van der Waals surface area contributed by atoms with Crippen LogP contribution in [0.2, 0.25) is 0 Å². The number of hydrogen-bond acceptors (Lipinski definition) is 4. The van der Waals surface area contributed by atoms with Crippen molar-refractivity contribution in [2.24, 2.45) is 7.05 Å². The van der Waals surface area contributed by atoms with E-state index in [-0.39, 0.29) is 6.04 Å². The summed E-state index contributed by atoms with van der Waals surface area (Å²) >= 11 is 0. The molecule has 2 rings (SSSR count). The van der Waals surface area contributed by atoms with Crippen LogP contribution < -0.4 is 5.32 Å². The minimum Gasteiger partial charge on any atom is -0.337 e. The molecule has 0 spiro atoms. The van der Waals surface area contributed by atoms with Crippen LogP contribution in [0.25, 0.3) is 0 Å². The van der Waals surface area contributed by atoms with Crippen LogP contribution in [0.3, 0.4) is 0 Å². The van der Waals surface area contributed by atoms with E-state index in [2.05, 4.69) is 27.5 Å². The standard InChI is InChI=1S/C10H16N6/c1-9(10-12-3-6-15(10)2)11-4-7-16-8-5-13-14-16/h3,5-6,8-9,11H,4,7H2,1-2H3. The van der Waals surface area contributed by atoms with Crippen LogP contribution in [0.1, 0.15) is 18.8 Å². The van der Waals surface area contributed by atoms with Crippen LogP contribution in [0, 0.1) is 0 Å². The minimum atomic E-state index is 0.239. The molecule has 0 aliphatic carbocycles. The van der Waals surface area contributed by atoms with Gasteiger partial charge in [-0.05, 0) is 6.92 Å². The first-order valence-electron chi connectivity index (χ1n) is 5.32. The Hall–Kier alpha value is -1.69. The molecule has 0 saturated heterocycles. The Morgan fingerprint density at radius 2 is 2.25 bits per heavy atom. The van der Waals surface area contributed by atoms with Gasteiger partial charge in [-0.1, -0.05) is 5.21 Å². The van der Waals surface area contributed by atoms with Gasteiger partial charge in [0, 0.05) is 32.2 Å². The maximum atomic E-state index is 4.30. The normalized spacial score (nSPS) is 12.9. The van der Waals surface area contributed by atoms with Gasteiger partial charge in [0.05, 0.1) is 18.8 Å². The van der Waals surface area contributed by atoms with Crippen molar-refractivity contribution in [1.82, 2.24) is 29.9 Å². The second-order valence-electron chi connectivity index (χ2n) is 3.74. The highest BCUT2D eigenvalue weighted by Gasteiger charge is 2.08. The third-order valence-electron chi connectivity index (χ3n) is 2.51. The summed E-state index contributed by atoms with van der Waals surface area (Å²) in [6.45, 7) is 3.76. The summed E-state index contributed by atoms with van der Waals surface area (Å²) in [5, 5.41) is 11.0. The van der Waals surface area contributed by atoms with Crippen LogP contribution >= 0.6 is 0 Å². The minimum absolute atomic E-state index is 0.239. The molecular formula is C10H16N6. The maximum absolute atomic E-state index is 4.30. The van der Waals surface area contributed by atoms with Gasteiger partial charge in [0.15, 0.2) is 0 Å². The molecule has 6 heteroatoms. The van der Waals surface area contributed by atoms with Crippen LogP contribution in [-0.2, 0) is 13.6 Å². The van der Waals surface area contributed by atoms with Crippen molar-refractivity contribution in [3.8, 4) is 0 Å². The molecule has 86 valence electrons.